The second-order valence-electron chi connectivity index (χ2n) is 5.31. The van der Waals surface area contributed by atoms with Crippen LogP contribution in [0.1, 0.15) is 29.1 Å². The summed E-state index contributed by atoms with van der Waals surface area (Å²) in [7, 11) is 0. The maximum absolute atomic E-state index is 13.8. The third kappa shape index (κ3) is 3.18. The van der Waals surface area contributed by atoms with Crippen LogP contribution in [0.4, 0.5) is 10.1 Å². The van der Waals surface area contributed by atoms with Crippen LogP contribution in [-0.2, 0) is 0 Å². The predicted molar refractivity (Wildman–Crippen MR) is 88.6 cm³/mol. The number of aromatic nitrogens is 2. The summed E-state index contributed by atoms with van der Waals surface area (Å²) in [5, 5.41) is 16.6. The van der Waals surface area contributed by atoms with Crippen molar-refractivity contribution in [3.8, 4) is 5.69 Å². The van der Waals surface area contributed by atoms with Gasteiger partial charge in [0.25, 0.3) is 5.91 Å². The van der Waals surface area contributed by atoms with Gasteiger partial charge in [-0.05, 0) is 31.2 Å². The number of amides is 1. The second kappa shape index (κ2) is 6.64. The lowest BCUT2D eigenvalue weighted by atomic mass is 10.1. The summed E-state index contributed by atoms with van der Waals surface area (Å²) in [6, 6.07) is 14.7. The minimum Gasteiger partial charge on any atom is -0.389 e. The summed E-state index contributed by atoms with van der Waals surface area (Å²) >= 11 is 0. The molecule has 6 heteroatoms. The third-order valence-corrected chi connectivity index (χ3v) is 3.58. The van der Waals surface area contributed by atoms with Crippen LogP contribution in [0.15, 0.2) is 60.8 Å². The quantitative estimate of drug-likeness (QED) is 0.773. The number of nitrogens with zero attached hydrogens (tertiary/aromatic N) is 2. The standard InChI is InChI=1S/C18H16FN3O2/c1-12(23)13-6-2-4-8-15(13)20-18(24)16-10-11-22(21-16)17-9-5-3-7-14(17)19/h2-12,23H,1H3,(H,20,24). The number of aliphatic hydroxyl groups is 1. The number of nitrogens with one attached hydrogen (secondary N) is 1. The molecule has 0 saturated carbocycles. The molecule has 0 saturated heterocycles. The smallest absolute Gasteiger partial charge is 0.276 e. The fourth-order valence-corrected chi connectivity index (χ4v) is 2.38. The Morgan fingerprint density at radius 3 is 2.62 bits per heavy atom. The molecule has 0 spiro atoms. The van der Waals surface area contributed by atoms with Gasteiger partial charge < -0.3 is 10.4 Å². The predicted octanol–water partition coefficient (Wildman–Crippen LogP) is 3.32. The number of aliphatic hydroxyl groups excluding tert-OH is 1. The Morgan fingerprint density at radius 1 is 1.17 bits per heavy atom. The molecule has 122 valence electrons. The van der Waals surface area contributed by atoms with Crippen molar-refractivity contribution in [2.45, 2.75) is 13.0 Å². The van der Waals surface area contributed by atoms with Crippen LogP contribution < -0.4 is 5.32 Å². The Bertz CT molecular complexity index is 874. The Labute approximate surface area is 138 Å². The lowest BCUT2D eigenvalue weighted by Gasteiger charge is -2.12. The van der Waals surface area contributed by atoms with Gasteiger partial charge in [-0.15, -0.1) is 0 Å². The molecule has 0 aliphatic rings. The molecular formula is C18H16FN3O2. The number of halogens is 1. The number of anilines is 1. The number of hydrogen-bond donors (Lipinski definition) is 2. The van der Waals surface area contributed by atoms with Crippen molar-refractivity contribution in [1.82, 2.24) is 9.78 Å². The highest BCUT2D eigenvalue weighted by Crippen LogP contribution is 2.22. The average molecular weight is 325 g/mol. The molecule has 0 fully saturated rings. The molecule has 1 unspecified atom stereocenters. The largest absolute Gasteiger partial charge is 0.389 e. The van der Waals surface area contributed by atoms with Crippen LogP contribution in [0, 0.1) is 5.82 Å². The number of para-hydroxylation sites is 2. The monoisotopic (exact) mass is 325 g/mol. The maximum atomic E-state index is 13.8. The van der Waals surface area contributed by atoms with E-state index in [4.69, 9.17) is 0 Å². The highest BCUT2D eigenvalue weighted by molar-refractivity contribution is 6.03. The number of rotatable bonds is 4. The van der Waals surface area contributed by atoms with Crippen LogP contribution in [0.25, 0.3) is 5.69 Å². The summed E-state index contributed by atoms with van der Waals surface area (Å²) in [6.07, 6.45) is 0.811. The van der Waals surface area contributed by atoms with Gasteiger partial charge in [-0.2, -0.15) is 5.10 Å². The van der Waals surface area contributed by atoms with Crippen molar-refractivity contribution in [2.75, 3.05) is 5.32 Å². The molecule has 2 aromatic carbocycles. The van der Waals surface area contributed by atoms with Crippen molar-refractivity contribution in [3.63, 3.8) is 0 Å². The molecule has 1 atom stereocenters. The summed E-state index contributed by atoms with van der Waals surface area (Å²) in [4.78, 5) is 12.4. The molecule has 5 nitrogen and oxygen atoms in total. The zero-order valence-corrected chi connectivity index (χ0v) is 13.0. The lowest BCUT2D eigenvalue weighted by Crippen LogP contribution is -2.15. The Kier molecular flexibility index (Phi) is 4.39. The van der Waals surface area contributed by atoms with Crippen LogP contribution in [0.3, 0.4) is 0 Å². The fraction of sp³-hybridized carbons (Fsp3) is 0.111. The topological polar surface area (TPSA) is 67.2 Å². The van der Waals surface area contributed by atoms with E-state index in [-0.39, 0.29) is 11.4 Å². The normalized spacial score (nSPS) is 12.0. The van der Waals surface area contributed by atoms with Gasteiger partial charge in [0.1, 0.15) is 11.5 Å². The number of benzene rings is 2. The Balaban J connectivity index is 1.84. The Morgan fingerprint density at radius 2 is 1.88 bits per heavy atom. The summed E-state index contributed by atoms with van der Waals surface area (Å²) in [5.74, 6) is -0.856. The molecule has 1 amide bonds. The molecule has 0 bridgehead atoms. The summed E-state index contributed by atoms with van der Waals surface area (Å²) < 4.78 is 15.1. The van der Waals surface area contributed by atoms with Gasteiger partial charge in [-0.3, -0.25) is 4.79 Å². The zero-order chi connectivity index (χ0) is 17.1. The van der Waals surface area contributed by atoms with Gasteiger partial charge in [0.05, 0.1) is 6.10 Å². The first-order valence-corrected chi connectivity index (χ1v) is 7.45. The molecule has 3 rings (SSSR count). The molecule has 0 aliphatic heterocycles. The van der Waals surface area contributed by atoms with E-state index in [1.807, 2.05) is 0 Å². The highest BCUT2D eigenvalue weighted by atomic mass is 19.1. The van der Waals surface area contributed by atoms with E-state index in [0.29, 0.717) is 11.3 Å². The highest BCUT2D eigenvalue weighted by Gasteiger charge is 2.15. The van der Waals surface area contributed by atoms with E-state index in [2.05, 4.69) is 10.4 Å². The maximum Gasteiger partial charge on any atom is 0.276 e. The van der Waals surface area contributed by atoms with Gasteiger partial charge in [0, 0.05) is 17.4 Å². The minimum atomic E-state index is -0.711. The first-order chi connectivity index (χ1) is 11.6. The number of carbonyl (C=O) groups is 1. The van der Waals surface area contributed by atoms with Gasteiger partial charge in [0.2, 0.25) is 0 Å². The van der Waals surface area contributed by atoms with E-state index in [0.717, 1.165) is 0 Å². The van der Waals surface area contributed by atoms with Crippen molar-refractivity contribution in [2.24, 2.45) is 0 Å². The van der Waals surface area contributed by atoms with E-state index in [9.17, 15) is 14.3 Å². The van der Waals surface area contributed by atoms with E-state index >= 15 is 0 Å². The van der Waals surface area contributed by atoms with Crippen molar-refractivity contribution in [1.29, 1.82) is 0 Å². The van der Waals surface area contributed by atoms with Crippen LogP contribution in [0.5, 0.6) is 0 Å². The molecule has 1 heterocycles. The minimum absolute atomic E-state index is 0.152. The number of carbonyl (C=O) groups excluding carboxylic acids is 1. The van der Waals surface area contributed by atoms with E-state index in [1.54, 1.807) is 49.4 Å². The van der Waals surface area contributed by atoms with Gasteiger partial charge in [-0.25, -0.2) is 9.07 Å². The fourth-order valence-electron chi connectivity index (χ4n) is 2.38. The van der Waals surface area contributed by atoms with Gasteiger partial charge in [-0.1, -0.05) is 30.3 Å². The average Bonchev–Trinajstić information content (AvgIpc) is 3.05. The molecule has 2 N–H and O–H groups in total. The first kappa shape index (κ1) is 15.9. The van der Waals surface area contributed by atoms with E-state index < -0.39 is 17.8 Å². The number of hydrogen-bond acceptors (Lipinski definition) is 3. The van der Waals surface area contributed by atoms with Crippen LogP contribution in [-0.4, -0.2) is 20.8 Å². The van der Waals surface area contributed by atoms with Crippen LogP contribution >= 0.6 is 0 Å². The molecule has 0 radical (unpaired) electrons. The SMILES string of the molecule is CC(O)c1ccccc1NC(=O)c1ccn(-c2ccccc2F)n1. The summed E-state index contributed by atoms with van der Waals surface area (Å²) in [6.45, 7) is 1.62. The van der Waals surface area contributed by atoms with Crippen molar-refractivity contribution in [3.05, 3.63) is 77.9 Å². The lowest BCUT2D eigenvalue weighted by molar-refractivity contribution is 0.102. The van der Waals surface area contributed by atoms with Crippen molar-refractivity contribution >= 4 is 11.6 Å². The van der Waals surface area contributed by atoms with Gasteiger partial charge >= 0.3 is 0 Å². The molecule has 0 aliphatic carbocycles. The molecular weight excluding hydrogens is 309 g/mol. The summed E-state index contributed by atoms with van der Waals surface area (Å²) in [5.41, 5.74) is 1.54. The van der Waals surface area contributed by atoms with Gasteiger partial charge in [0.15, 0.2) is 5.69 Å². The molecule has 1 aromatic heterocycles. The third-order valence-electron chi connectivity index (χ3n) is 3.58. The zero-order valence-electron chi connectivity index (χ0n) is 13.0. The first-order valence-electron chi connectivity index (χ1n) is 7.45. The second-order valence-corrected chi connectivity index (χ2v) is 5.31. The Hall–Kier alpha value is -2.99. The van der Waals surface area contributed by atoms with Crippen molar-refractivity contribution < 1.29 is 14.3 Å². The molecule has 3 aromatic rings. The van der Waals surface area contributed by atoms with Crippen LogP contribution in [0.2, 0.25) is 0 Å². The van der Waals surface area contributed by atoms with E-state index in [1.165, 1.54) is 23.0 Å². The molecule has 24 heavy (non-hydrogen) atoms.